The SMILES string of the molecule is COc1ccc(Br)c(NC2CCCC2(C)C)c1. The lowest BCUT2D eigenvalue weighted by Gasteiger charge is -2.29. The number of hydrogen-bond donors (Lipinski definition) is 1. The van der Waals surface area contributed by atoms with Crippen LogP contribution < -0.4 is 10.1 Å². The summed E-state index contributed by atoms with van der Waals surface area (Å²) < 4.78 is 6.36. The van der Waals surface area contributed by atoms with Gasteiger partial charge in [-0.1, -0.05) is 20.3 Å². The van der Waals surface area contributed by atoms with Gasteiger partial charge in [0, 0.05) is 16.6 Å². The topological polar surface area (TPSA) is 21.3 Å². The quantitative estimate of drug-likeness (QED) is 0.890. The van der Waals surface area contributed by atoms with Crippen LogP contribution in [0.4, 0.5) is 5.69 Å². The molecule has 1 N–H and O–H groups in total. The number of hydrogen-bond acceptors (Lipinski definition) is 2. The van der Waals surface area contributed by atoms with E-state index in [9.17, 15) is 0 Å². The molecule has 1 aliphatic carbocycles. The predicted molar refractivity (Wildman–Crippen MR) is 75.7 cm³/mol. The number of anilines is 1. The first-order valence-electron chi connectivity index (χ1n) is 6.13. The minimum Gasteiger partial charge on any atom is -0.497 e. The molecule has 2 nitrogen and oxygen atoms in total. The van der Waals surface area contributed by atoms with Crippen LogP contribution in [0.2, 0.25) is 0 Å². The van der Waals surface area contributed by atoms with Crippen LogP contribution in [0.3, 0.4) is 0 Å². The highest BCUT2D eigenvalue weighted by Gasteiger charge is 2.34. The number of rotatable bonds is 3. The lowest BCUT2D eigenvalue weighted by Crippen LogP contribution is -2.30. The van der Waals surface area contributed by atoms with Crippen molar-refractivity contribution in [3.05, 3.63) is 22.7 Å². The maximum atomic E-state index is 5.27. The lowest BCUT2D eigenvalue weighted by atomic mass is 9.87. The summed E-state index contributed by atoms with van der Waals surface area (Å²) in [5.74, 6) is 0.895. The summed E-state index contributed by atoms with van der Waals surface area (Å²) in [5.41, 5.74) is 1.51. The third-order valence-electron chi connectivity index (χ3n) is 3.76. The molecular formula is C14H20BrNO. The van der Waals surface area contributed by atoms with Gasteiger partial charge >= 0.3 is 0 Å². The molecule has 0 bridgehead atoms. The van der Waals surface area contributed by atoms with Gasteiger partial charge < -0.3 is 10.1 Å². The van der Waals surface area contributed by atoms with E-state index in [1.807, 2.05) is 12.1 Å². The van der Waals surface area contributed by atoms with Gasteiger partial charge in [-0.15, -0.1) is 0 Å². The highest BCUT2D eigenvalue weighted by Crippen LogP contribution is 2.40. The van der Waals surface area contributed by atoms with E-state index in [-0.39, 0.29) is 0 Å². The van der Waals surface area contributed by atoms with Gasteiger partial charge in [0.05, 0.1) is 12.8 Å². The molecule has 17 heavy (non-hydrogen) atoms. The van der Waals surface area contributed by atoms with Gasteiger partial charge in [0.25, 0.3) is 0 Å². The van der Waals surface area contributed by atoms with Gasteiger partial charge in [-0.05, 0) is 46.3 Å². The molecule has 1 unspecified atom stereocenters. The summed E-state index contributed by atoms with van der Waals surface area (Å²) >= 11 is 3.59. The second-order valence-electron chi connectivity index (χ2n) is 5.42. The van der Waals surface area contributed by atoms with Crippen LogP contribution in [-0.4, -0.2) is 13.2 Å². The molecule has 0 spiro atoms. The van der Waals surface area contributed by atoms with Crippen LogP contribution in [-0.2, 0) is 0 Å². The normalized spacial score (nSPS) is 22.5. The summed E-state index contributed by atoms with van der Waals surface area (Å²) in [6, 6.07) is 6.60. The molecule has 2 rings (SSSR count). The average Bonchev–Trinajstić information content (AvgIpc) is 2.61. The molecule has 94 valence electrons. The Balaban J connectivity index is 2.18. The zero-order valence-corrected chi connectivity index (χ0v) is 12.3. The van der Waals surface area contributed by atoms with E-state index in [0.29, 0.717) is 11.5 Å². The molecule has 1 saturated carbocycles. The standard InChI is InChI=1S/C14H20BrNO/c1-14(2)8-4-5-13(14)16-12-9-10(17-3)6-7-11(12)15/h6-7,9,13,16H,4-5,8H2,1-3H3. The molecule has 0 aliphatic heterocycles. The molecule has 0 saturated heterocycles. The number of ether oxygens (including phenoxy) is 1. The monoisotopic (exact) mass is 297 g/mol. The molecule has 1 aromatic carbocycles. The minimum absolute atomic E-state index is 0.377. The summed E-state index contributed by atoms with van der Waals surface area (Å²) in [4.78, 5) is 0. The number of halogens is 1. The second kappa shape index (κ2) is 4.89. The predicted octanol–water partition coefficient (Wildman–Crippen LogP) is 4.45. The third kappa shape index (κ3) is 2.76. The Morgan fingerprint density at radius 2 is 2.18 bits per heavy atom. The van der Waals surface area contributed by atoms with Crippen LogP contribution in [0.15, 0.2) is 22.7 Å². The number of nitrogens with one attached hydrogen (secondary N) is 1. The Kier molecular flexibility index (Phi) is 3.67. The summed E-state index contributed by atoms with van der Waals surface area (Å²) in [7, 11) is 1.70. The summed E-state index contributed by atoms with van der Waals surface area (Å²) in [5, 5.41) is 3.65. The Morgan fingerprint density at radius 1 is 1.41 bits per heavy atom. The van der Waals surface area contributed by atoms with Crippen molar-refractivity contribution in [2.24, 2.45) is 5.41 Å². The fraction of sp³-hybridized carbons (Fsp3) is 0.571. The average molecular weight is 298 g/mol. The Labute approximate surface area is 112 Å². The summed E-state index contributed by atoms with van der Waals surface area (Å²) in [6.07, 6.45) is 3.86. The molecule has 0 amide bonds. The molecule has 1 fully saturated rings. The van der Waals surface area contributed by atoms with Crippen molar-refractivity contribution in [1.29, 1.82) is 0 Å². The van der Waals surface area contributed by atoms with Crippen molar-refractivity contribution in [2.45, 2.75) is 39.2 Å². The van der Waals surface area contributed by atoms with Gasteiger partial charge in [-0.2, -0.15) is 0 Å². The smallest absolute Gasteiger partial charge is 0.121 e. The van der Waals surface area contributed by atoms with Crippen LogP contribution in [0.25, 0.3) is 0 Å². The van der Waals surface area contributed by atoms with Crippen molar-refractivity contribution in [3.63, 3.8) is 0 Å². The van der Waals surface area contributed by atoms with Gasteiger partial charge in [-0.3, -0.25) is 0 Å². The van der Waals surface area contributed by atoms with Crippen molar-refractivity contribution in [1.82, 2.24) is 0 Å². The molecule has 0 radical (unpaired) electrons. The van der Waals surface area contributed by atoms with Gasteiger partial charge in [0.1, 0.15) is 5.75 Å². The first kappa shape index (κ1) is 12.7. The Bertz CT molecular complexity index is 403. The molecule has 0 heterocycles. The maximum Gasteiger partial charge on any atom is 0.121 e. The first-order valence-corrected chi connectivity index (χ1v) is 6.92. The zero-order valence-electron chi connectivity index (χ0n) is 10.7. The highest BCUT2D eigenvalue weighted by atomic mass is 79.9. The Hall–Kier alpha value is -0.700. The van der Waals surface area contributed by atoms with E-state index in [1.165, 1.54) is 19.3 Å². The highest BCUT2D eigenvalue weighted by molar-refractivity contribution is 9.10. The molecule has 1 atom stereocenters. The van der Waals surface area contributed by atoms with Gasteiger partial charge in [0.15, 0.2) is 0 Å². The molecule has 1 aromatic rings. The van der Waals surface area contributed by atoms with Crippen molar-refractivity contribution in [3.8, 4) is 5.75 Å². The Morgan fingerprint density at radius 3 is 2.76 bits per heavy atom. The van der Waals surface area contributed by atoms with Gasteiger partial charge in [-0.25, -0.2) is 0 Å². The number of methoxy groups -OCH3 is 1. The maximum absolute atomic E-state index is 5.27. The summed E-state index contributed by atoms with van der Waals surface area (Å²) in [6.45, 7) is 4.68. The fourth-order valence-electron chi connectivity index (χ4n) is 2.52. The van der Waals surface area contributed by atoms with Crippen LogP contribution >= 0.6 is 15.9 Å². The van der Waals surface area contributed by atoms with E-state index in [4.69, 9.17) is 4.74 Å². The van der Waals surface area contributed by atoms with Crippen LogP contribution in [0.1, 0.15) is 33.1 Å². The lowest BCUT2D eigenvalue weighted by molar-refractivity contribution is 0.349. The molecule has 1 aliphatic rings. The van der Waals surface area contributed by atoms with E-state index in [0.717, 1.165) is 15.9 Å². The van der Waals surface area contributed by atoms with Crippen molar-refractivity contribution >= 4 is 21.6 Å². The van der Waals surface area contributed by atoms with E-state index in [2.05, 4.69) is 41.2 Å². The molecule has 0 aromatic heterocycles. The zero-order chi connectivity index (χ0) is 12.5. The van der Waals surface area contributed by atoms with Gasteiger partial charge in [0.2, 0.25) is 0 Å². The molecular weight excluding hydrogens is 278 g/mol. The van der Waals surface area contributed by atoms with Crippen molar-refractivity contribution in [2.75, 3.05) is 12.4 Å². The third-order valence-corrected chi connectivity index (χ3v) is 4.45. The van der Waals surface area contributed by atoms with E-state index in [1.54, 1.807) is 7.11 Å². The fourth-order valence-corrected chi connectivity index (χ4v) is 2.89. The second-order valence-corrected chi connectivity index (χ2v) is 6.28. The van der Waals surface area contributed by atoms with E-state index >= 15 is 0 Å². The first-order chi connectivity index (χ1) is 8.03. The van der Waals surface area contributed by atoms with Crippen molar-refractivity contribution < 1.29 is 4.74 Å². The van der Waals surface area contributed by atoms with E-state index < -0.39 is 0 Å². The largest absolute Gasteiger partial charge is 0.497 e. The molecule has 3 heteroatoms. The minimum atomic E-state index is 0.377. The number of benzene rings is 1. The van der Waals surface area contributed by atoms with Crippen LogP contribution in [0, 0.1) is 5.41 Å². The van der Waals surface area contributed by atoms with Crippen LogP contribution in [0.5, 0.6) is 5.75 Å².